The molecule has 4 rings (SSSR count). The average Bonchev–Trinajstić information content (AvgIpc) is 3.12. The molecule has 8 nitrogen and oxygen atoms in total. The van der Waals surface area contributed by atoms with Gasteiger partial charge in [-0.2, -0.15) is 5.10 Å². The molecule has 1 aromatic heterocycles. The molecule has 0 spiro atoms. The molecule has 2 saturated carbocycles. The molecule has 6 atom stereocenters. The molecule has 2 aliphatic rings. The summed E-state index contributed by atoms with van der Waals surface area (Å²) >= 11 is 2.68. The number of nitrogens with two attached hydrogens (primary N) is 1. The number of carboxylic acid groups (broad SMARTS) is 2. The third kappa shape index (κ3) is 3.68. The van der Waals surface area contributed by atoms with Crippen LogP contribution in [0, 0.1) is 36.4 Å². The van der Waals surface area contributed by atoms with Crippen molar-refractivity contribution in [1.82, 2.24) is 15.2 Å². The maximum absolute atomic E-state index is 13.5. The number of aliphatic carboxylic acids is 2. The van der Waals surface area contributed by atoms with Crippen molar-refractivity contribution in [2.24, 2.45) is 29.4 Å². The maximum Gasteiger partial charge on any atom is 0.324 e. The van der Waals surface area contributed by atoms with Gasteiger partial charge in [0.15, 0.2) is 5.16 Å². The first-order chi connectivity index (χ1) is 13.7. The van der Waals surface area contributed by atoms with Gasteiger partial charge in [0, 0.05) is 27.7 Å². The quantitative estimate of drug-likeness (QED) is 0.444. The summed E-state index contributed by atoms with van der Waals surface area (Å²) in [6, 6.07) is 4.71. The minimum atomic E-state index is -1.66. The van der Waals surface area contributed by atoms with E-state index in [0.717, 1.165) is 4.90 Å². The lowest BCUT2D eigenvalue weighted by Crippen LogP contribution is -2.57. The SMILES string of the molecule is Cc1cc(SC[C@@H]2[C@@H](Sc3ncn[nH]3)[C@H]3[C@H](C(=O)O)[C@H]3[C@]2(N)C(=O)O)ccc1F.Cl. The highest BCUT2D eigenvalue weighted by atomic mass is 35.5. The fraction of sp³-hybridized carbons (Fsp3) is 0.444. The van der Waals surface area contributed by atoms with Crippen LogP contribution in [0.3, 0.4) is 0 Å². The summed E-state index contributed by atoms with van der Waals surface area (Å²) in [5.41, 5.74) is 5.24. The summed E-state index contributed by atoms with van der Waals surface area (Å²) in [7, 11) is 0. The first kappa shape index (κ1) is 22.9. The van der Waals surface area contributed by atoms with Crippen molar-refractivity contribution in [2.75, 3.05) is 5.75 Å². The van der Waals surface area contributed by atoms with Gasteiger partial charge < -0.3 is 15.9 Å². The molecule has 1 aromatic carbocycles. The van der Waals surface area contributed by atoms with Crippen LogP contribution in [0.2, 0.25) is 0 Å². The largest absolute Gasteiger partial charge is 0.481 e. The minimum absolute atomic E-state index is 0. The molecule has 0 saturated heterocycles. The Bertz CT molecular complexity index is 966. The van der Waals surface area contributed by atoms with Gasteiger partial charge in [0.25, 0.3) is 0 Å². The fourth-order valence-electron chi connectivity index (χ4n) is 4.43. The third-order valence-corrected chi connectivity index (χ3v) is 8.32. The molecule has 2 fully saturated rings. The Morgan fingerprint density at radius 2 is 2.10 bits per heavy atom. The Kier molecular flexibility index (Phi) is 6.38. The molecule has 30 heavy (non-hydrogen) atoms. The van der Waals surface area contributed by atoms with Crippen LogP contribution in [0.25, 0.3) is 0 Å². The summed E-state index contributed by atoms with van der Waals surface area (Å²) in [6.07, 6.45) is 1.34. The van der Waals surface area contributed by atoms with Gasteiger partial charge in [-0.15, -0.1) is 24.2 Å². The summed E-state index contributed by atoms with van der Waals surface area (Å²) in [5, 5.41) is 26.2. The molecule has 0 radical (unpaired) electrons. The molecule has 2 aliphatic carbocycles. The van der Waals surface area contributed by atoms with Crippen molar-refractivity contribution in [3.8, 4) is 0 Å². The van der Waals surface area contributed by atoms with Gasteiger partial charge in [-0.1, -0.05) is 11.8 Å². The van der Waals surface area contributed by atoms with Gasteiger partial charge in [0.1, 0.15) is 17.7 Å². The van der Waals surface area contributed by atoms with E-state index in [2.05, 4.69) is 15.2 Å². The second-order valence-electron chi connectivity index (χ2n) is 7.41. The fourth-order valence-corrected chi connectivity index (χ4v) is 7.29. The minimum Gasteiger partial charge on any atom is -0.481 e. The number of aromatic amines is 1. The van der Waals surface area contributed by atoms with E-state index in [0.29, 0.717) is 16.5 Å². The zero-order valence-corrected chi connectivity index (χ0v) is 18.1. The number of nitrogens with zero attached hydrogens (tertiary/aromatic N) is 2. The van der Waals surface area contributed by atoms with Crippen LogP contribution < -0.4 is 5.73 Å². The molecule has 2 aromatic rings. The number of rotatable bonds is 7. The predicted octanol–water partition coefficient (Wildman–Crippen LogP) is 2.29. The van der Waals surface area contributed by atoms with E-state index in [4.69, 9.17) is 5.73 Å². The standard InChI is InChI=1S/C18H19FN4O4S2.ClH/c1-7-4-8(2-3-10(7)19)28-5-9-14(29-17-21-6-22-23-17)11-12(15(24)25)13(11)18(9,20)16(26)27;/h2-4,6,9,11-14H,5,20H2,1H3,(H,24,25)(H,26,27)(H,21,22,23);1H/t9-,11+,12+,13+,14-,18+;/m1./s1. The smallest absolute Gasteiger partial charge is 0.324 e. The van der Waals surface area contributed by atoms with E-state index in [-0.39, 0.29) is 29.4 Å². The van der Waals surface area contributed by atoms with Gasteiger partial charge in [-0.3, -0.25) is 14.7 Å². The van der Waals surface area contributed by atoms with Crippen LogP contribution >= 0.6 is 35.9 Å². The number of fused-ring (bicyclic) bond motifs is 1. The number of thioether (sulfide) groups is 2. The van der Waals surface area contributed by atoms with Crippen LogP contribution in [0.1, 0.15) is 5.56 Å². The molecule has 0 aliphatic heterocycles. The van der Waals surface area contributed by atoms with Crippen molar-refractivity contribution >= 4 is 47.9 Å². The van der Waals surface area contributed by atoms with E-state index in [1.807, 2.05) is 0 Å². The second-order valence-corrected chi connectivity index (χ2v) is 9.67. The van der Waals surface area contributed by atoms with Gasteiger partial charge in [-0.05, 0) is 36.6 Å². The Morgan fingerprint density at radius 3 is 2.67 bits per heavy atom. The van der Waals surface area contributed by atoms with Crippen LogP contribution in [-0.4, -0.2) is 53.9 Å². The Balaban J connectivity index is 0.00000256. The first-order valence-electron chi connectivity index (χ1n) is 8.91. The van der Waals surface area contributed by atoms with Crippen LogP contribution in [0.5, 0.6) is 0 Å². The topological polar surface area (TPSA) is 142 Å². The Morgan fingerprint density at radius 1 is 1.37 bits per heavy atom. The van der Waals surface area contributed by atoms with Gasteiger partial charge in [-0.25, -0.2) is 9.37 Å². The molecule has 5 N–H and O–H groups in total. The number of H-pyrrole nitrogens is 1. The van der Waals surface area contributed by atoms with Crippen molar-refractivity contribution in [3.63, 3.8) is 0 Å². The van der Waals surface area contributed by atoms with Crippen molar-refractivity contribution in [2.45, 2.75) is 27.8 Å². The summed E-state index contributed by atoms with van der Waals surface area (Å²) in [4.78, 5) is 28.7. The predicted molar refractivity (Wildman–Crippen MR) is 111 cm³/mol. The van der Waals surface area contributed by atoms with E-state index in [1.54, 1.807) is 19.1 Å². The van der Waals surface area contributed by atoms with Crippen LogP contribution in [0.4, 0.5) is 4.39 Å². The number of aromatic nitrogens is 3. The number of carboxylic acids is 2. The number of halogens is 2. The molecule has 162 valence electrons. The lowest BCUT2D eigenvalue weighted by Gasteiger charge is -2.34. The molecular formula is C18H20ClFN4O4S2. The number of aryl methyl sites for hydroxylation is 1. The van der Waals surface area contributed by atoms with Gasteiger partial charge >= 0.3 is 11.9 Å². The lowest BCUT2D eigenvalue weighted by molar-refractivity contribution is -0.146. The number of carbonyl (C=O) groups is 2. The molecule has 0 amide bonds. The third-order valence-electron chi connectivity index (χ3n) is 5.87. The number of hydrogen-bond donors (Lipinski definition) is 4. The van der Waals surface area contributed by atoms with Crippen molar-refractivity contribution in [1.29, 1.82) is 0 Å². The highest BCUT2D eigenvalue weighted by molar-refractivity contribution is 8.00. The monoisotopic (exact) mass is 474 g/mol. The lowest BCUT2D eigenvalue weighted by atomic mass is 9.82. The van der Waals surface area contributed by atoms with Crippen molar-refractivity contribution < 1.29 is 24.2 Å². The van der Waals surface area contributed by atoms with Crippen molar-refractivity contribution in [3.05, 3.63) is 35.9 Å². The molecule has 1 heterocycles. The zero-order valence-electron chi connectivity index (χ0n) is 15.7. The van der Waals surface area contributed by atoms with Gasteiger partial charge in [0.05, 0.1) is 5.92 Å². The van der Waals surface area contributed by atoms with E-state index < -0.39 is 35.2 Å². The maximum atomic E-state index is 13.5. The summed E-state index contributed by atoms with van der Waals surface area (Å²) in [6.45, 7) is 1.66. The van der Waals surface area contributed by atoms with Gasteiger partial charge in [0.2, 0.25) is 0 Å². The molecule has 0 bridgehead atoms. The number of nitrogens with one attached hydrogen (secondary N) is 1. The summed E-state index contributed by atoms with van der Waals surface area (Å²) < 4.78 is 13.5. The zero-order chi connectivity index (χ0) is 20.9. The summed E-state index contributed by atoms with van der Waals surface area (Å²) in [5.74, 6) is -4.46. The van der Waals surface area contributed by atoms with Crippen LogP contribution in [-0.2, 0) is 9.59 Å². The molecule has 12 heteroatoms. The van der Waals surface area contributed by atoms with E-state index in [9.17, 15) is 24.2 Å². The first-order valence-corrected chi connectivity index (χ1v) is 10.8. The average molecular weight is 475 g/mol. The highest BCUT2D eigenvalue weighted by Gasteiger charge is 2.77. The molecule has 0 unspecified atom stereocenters. The highest BCUT2D eigenvalue weighted by Crippen LogP contribution is 2.67. The Hall–Kier alpha value is -1.82. The number of hydrogen-bond acceptors (Lipinski definition) is 7. The second kappa shape index (κ2) is 8.37. The van der Waals surface area contributed by atoms with Crippen LogP contribution in [0.15, 0.2) is 34.6 Å². The van der Waals surface area contributed by atoms with E-state index >= 15 is 0 Å². The normalized spacial score (nSPS) is 31.6. The Labute approximate surface area is 186 Å². The van der Waals surface area contributed by atoms with E-state index in [1.165, 1.54) is 35.9 Å². The number of benzene rings is 1. The molecular weight excluding hydrogens is 455 g/mol.